The van der Waals surface area contributed by atoms with Crippen molar-refractivity contribution in [3.63, 3.8) is 0 Å². The van der Waals surface area contributed by atoms with Crippen molar-refractivity contribution in [1.29, 1.82) is 0 Å². The summed E-state index contributed by atoms with van der Waals surface area (Å²) in [6.45, 7) is 5.09. The lowest BCUT2D eigenvalue weighted by molar-refractivity contribution is 0.100. The van der Waals surface area contributed by atoms with Crippen LogP contribution in [0, 0.1) is 6.92 Å². The van der Waals surface area contributed by atoms with Crippen LogP contribution in [0.5, 0.6) is 0 Å². The summed E-state index contributed by atoms with van der Waals surface area (Å²) in [7, 11) is -3.96. The van der Waals surface area contributed by atoms with Crippen LogP contribution in [0.15, 0.2) is 33.5 Å². The van der Waals surface area contributed by atoms with E-state index in [0.717, 1.165) is 17.4 Å². The molecule has 0 fully saturated rings. The number of carbonyl (C=O) groups is 1. The third-order valence-corrected chi connectivity index (χ3v) is 6.21. The molecule has 0 bridgehead atoms. The second-order valence-electron chi connectivity index (χ2n) is 4.23. The van der Waals surface area contributed by atoms with Gasteiger partial charge in [-0.05, 0) is 18.4 Å². The van der Waals surface area contributed by atoms with Gasteiger partial charge in [-0.3, -0.25) is 4.79 Å². The van der Waals surface area contributed by atoms with E-state index in [9.17, 15) is 13.2 Å². The van der Waals surface area contributed by atoms with E-state index in [-0.39, 0.29) is 20.7 Å². The second-order valence-corrected chi connectivity index (χ2v) is 7.57. The molecule has 0 saturated carbocycles. The molecular formula is C12H12ClN3O4S2. The Morgan fingerprint density at radius 3 is 2.82 bits per heavy atom. The van der Waals surface area contributed by atoms with Crippen LogP contribution < -0.4 is 11.1 Å². The van der Waals surface area contributed by atoms with Gasteiger partial charge in [-0.25, -0.2) is 8.42 Å². The minimum atomic E-state index is -3.96. The predicted molar refractivity (Wildman–Crippen MR) is 83.9 cm³/mol. The fourth-order valence-corrected chi connectivity index (χ4v) is 4.43. The number of nitrogens with one attached hydrogen (secondary N) is 1. The van der Waals surface area contributed by atoms with Crippen LogP contribution in [-0.4, -0.2) is 24.9 Å². The normalized spacial score (nSPS) is 12.8. The van der Waals surface area contributed by atoms with E-state index in [2.05, 4.69) is 17.1 Å². The smallest absolute Gasteiger partial charge is 0.260 e. The van der Waals surface area contributed by atoms with E-state index in [0.29, 0.717) is 5.69 Å². The molecule has 2 aromatic rings. The lowest BCUT2D eigenvalue weighted by Gasteiger charge is -2.14. The van der Waals surface area contributed by atoms with Gasteiger partial charge in [0.05, 0.1) is 4.90 Å². The molecule has 0 aliphatic carbocycles. The number of sulfone groups is 1. The summed E-state index contributed by atoms with van der Waals surface area (Å²) >= 11 is 6.89. The molecule has 0 aliphatic heterocycles. The van der Waals surface area contributed by atoms with E-state index in [1.165, 1.54) is 11.4 Å². The van der Waals surface area contributed by atoms with Crippen LogP contribution in [0.4, 0.5) is 5.88 Å². The van der Waals surface area contributed by atoms with Crippen molar-refractivity contribution in [3.8, 4) is 0 Å². The maximum Gasteiger partial charge on any atom is 0.260 e. The average Bonchev–Trinajstić information content (AvgIpc) is 3.06. The van der Waals surface area contributed by atoms with Gasteiger partial charge < -0.3 is 15.6 Å². The number of nitrogens with zero attached hydrogens (tertiary/aromatic N) is 1. The third kappa shape index (κ3) is 2.87. The highest BCUT2D eigenvalue weighted by atomic mass is 35.5. The summed E-state index contributed by atoms with van der Waals surface area (Å²) < 4.78 is 30.2. The van der Waals surface area contributed by atoms with Crippen molar-refractivity contribution in [2.45, 2.75) is 17.2 Å². The van der Waals surface area contributed by atoms with Gasteiger partial charge in [-0.2, -0.15) is 0 Å². The highest BCUT2D eigenvalue weighted by molar-refractivity contribution is 7.92. The van der Waals surface area contributed by atoms with Gasteiger partial charge in [0.25, 0.3) is 5.91 Å². The summed E-state index contributed by atoms with van der Waals surface area (Å²) in [5, 5.41) is 6.60. The largest absolute Gasteiger partial charge is 0.365 e. The summed E-state index contributed by atoms with van der Waals surface area (Å²) in [5.41, 5.74) is 5.60. The maximum absolute atomic E-state index is 12.6. The molecule has 7 nitrogen and oxygen atoms in total. The van der Waals surface area contributed by atoms with Gasteiger partial charge >= 0.3 is 0 Å². The zero-order valence-electron chi connectivity index (χ0n) is 11.4. The number of carbonyl (C=O) groups excluding carboxylic acids is 1. The highest BCUT2D eigenvalue weighted by Crippen LogP contribution is 2.30. The number of nitrogens with two attached hydrogens (primary N) is 1. The third-order valence-electron chi connectivity index (χ3n) is 2.77. The number of thiophene rings is 1. The zero-order valence-corrected chi connectivity index (χ0v) is 13.8. The second kappa shape index (κ2) is 6.11. The van der Waals surface area contributed by atoms with Crippen molar-refractivity contribution >= 4 is 44.6 Å². The number of hydrogen-bond acceptors (Lipinski definition) is 7. The number of rotatable bonds is 6. The van der Waals surface area contributed by atoms with Crippen molar-refractivity contribution < 1.29 is 17.7 Å². The van der Waals surface area contributed by atoms with Crippen molar-refractivity contribution in [2.75, 3.05) is 5.32 Å². The molecule has 22 heavy (non-hydrogen) atoms. The monoisotopic (exact) mass is 361 g/mol. The van der Waals surface area contributed by atoms with Crippen LogP contribution >= 0.6 is 22.9 Å². The van der Waals surface area contributed by atoms with Crippen LogP contribution in [0.25, 0.3) is 0 Å². The van der Waals surface area contributed by atoms with Gasteiger partial charge in [-0.1, -0.05) is 29.4 Å². The Bertz CT molecular complexity index is 825. The molecule has 0 aromatic carbocycles. The number of hydrogen-bond donors (Lipinski definition) is 2. The van der Waals surface area contributed by atoms with Crippen LogP contribution in [-0.2, 0) is 9.84 Å². The van der Waals surface area contributed by atoms with Gasteiger partial charge in [0.1, 0.15) is 15.6 Å². The Balaban J connectivity index is 2.41. The molecule has 0 radical (unpaired) electrons. The molecule has 10 heteroatoms. The fourth-order valence-electron chi connectivity index (χ4n) is 1.68. The molecule has 2 heterocycles. The number of amides is 1. The van der Waals surface area contributed by atoms with Crippen molar-refractivity contribution in [1.82, 2.24) is 5.16 Å². The van der Waals surface area contributed by atoms with E-state index in [4.69, 9.17) is 21.9 Å². The number of halogens is 1. The molecule has 3 N–H and O–H groups in total. The summed E-state index contributed by atoms with van der Waals surface area (Å²) in [4.78, 5) is 11.1. The Kier molecular flexibility index (Phi) is 4.59. The minimum Gasteiger partial charge on any atom is -0.365 e. The molecule has 2 rings (SSSR count). The Morgan fingerprint density at radius 1 is 1.64 bits per heavy atom. The van der Waals surface area contributed by atoms with Gasteiger partial charge in [-0.15, -0.1) is 11.3 Å². The number of primary amides is 1. The first-order chi connectivity index (χ1) is 10.3. The Labute approximate surface area is 135 Å². The maximum atomic E-state index is 12.6. The number of aromatic nitrogens is 1. The first-order valence-corrected chi connectivity index (χ1v) is 8.71. The molecule has 0 saturated heterocycles. The van der Waals surface area contributed by atoms with Crippen LogP contribution in [0.1, 0.15) is 15.4 Å². The molecule has 1 atom stereocenters. The summed E-state index contributed by atoms with van der Waals surface area (Å²) in [5.74, 6) is -0.812. The molecule has 1 unspecified atom stereocenters. The van der Waals surface area contributed by atoms with Gasteiger partial charge in [0, 0.05) is 0 Å². The predicted octanol–water partition coefficient (Wildman–Crippen LogP) is 2.19. The van der Waals surface area contributed by atoms with Crippen molar-refractivity contribution in [3.05, 3.63) is 39.7 Å². The van der Waals surface area contributed by atoms with E-state index < -0.39 is 21.1 Å². The topological polar surface area (TPSA) is 115 Å². The molecule has 2 aromatic heterocycles. The highest BCUT2D eigenvalue weighted by Gasteiger charge is 2.31. The first kappa shape index (κ1) is 16.5. The molecular weight excluding hydrogens is 350 g/mol. The van der Waals surface area contributed by atoms with Crippen LogP contribution in [0.2, 0.25) is 5.02 Å². The number of anilines is 1. The van der Waals surface area contributed by atoms with Crippen LogP contribution in [0.3, 0.4) is 0 Å². The molecule has 118 valence electrons. The van der Waals surface area contributed by atoms with Gasteiger partial charge in [0.2, 0.25) is 15.7 Å². The number of aryl methyl sites for hydroxylation is 1. The molecule has 0 aliphatic rings. The average molecular weight is 362 g/mol. The van der Waals surface area contributed by atoms with E-state index in [1.54, 1.807) is 6.92 Å². The Hall–Kier alpha value is -1.84. The zero-order chi connectivity index (χ0) is 16.5. The standard InChI is InChI=1S/C12H12ClN3O4S2/c1-3-8(15-12-9(13)6(2)16-20-12)22(18,19)7-4-5-21-10(7)11(14)17/h3-5,8,15H,1H2,2H3,(H2,14,17). The van der Waals surface area contributed by atoms with Gasteiger partial charge in [0.15, 0.2) is 5.37 Å². The Morgan fingerprint density at radius 2 is 2.32 bits per heavy atom. The van der Waals surface area contributed by atoms with Crippen molar-refractivity contribution in [2.24, 2.45) is 5.73 Å². The summed E-state index contributed by atoms with van der Waals surface area (Å²) in [6.07, 6.45) is 1.16. The van der Waals surface area contributed by atoms with E-state index in [1.807, 2.05) is 0 Å². The lowest BCUT2D eigenvalue weighted by Crippen LogP contribution is -2.28. The SMILES string of the molecule is C=CC(Nc1onc(C)c1Cl)S(=O)(=O)c1ccsc1C(N)=O. The minimum absolute atomic E-state index is 0.00324. The quantitative estimate of drug-likeness (QED) is 0.762. The molecule has 1 amide bonds. The van der Waals surface area contributed by atoms with E-state index >= 15 is 0 Å². The summed E-state index contributed by atoms with van der Waals surface area (Å²) in [6, 6.07) is 1.31. The first-order valence-electron chi connectivity index (χ1n) is 5.91. The fraction of sp³-hybridized carbons (Fsp3) is 0.167. The molecule has 0 spiro atoms. The lowest BCUT2D eigenvalue weighted by atomic mass is 10.4.